The molecule has 1 atom stereocenters. The zero-order valence-electron chi connectivity index (χ0n) is 21.7. The van der Waals surface area contributed by atoms with Crippen LogP contribution in [0.2, 0.25) is 0 Å². The number of methoxy groups -OCH3 is 1. The highest BCUT2D eigenvalue weighted by Crippen LogP contribution is 2.59. The largest absolute Gasteiger partial charge is 0.497 e. The van der Waals surface area contributed by atoms with Crippen LogP contribution in [0.4, 0.5) is 5.69 Å². The van der Waals surface area contributed by atoms with Crippen LogP contribution in [0.15, 0.2) is 66.1 Å². The second-order valence-corrected chi connectivity index (χ2v) is 11.1. The van der Waals surface area contributed by atoms with E-state index in [-0.39, 0.29) is 23.1 Å². The predicted molar refractivity (Wildman–Crippen MR) is 149 cm³/mol. The molecule has 2 amide bonds. The summed E-state index contributed by atoms with van der Waals surface area (Å²) in [6, 6.07) is 9.40. The van der Waals surface area contributed by atoms with Gasteiger partial charge in [0.1, 0.15) is 24.0 Å². The number of hydrogen-bond acceptors (Lipinski definition) is 8. The van der Waals surface area contributed by atoms with Crippen LogP contribution < -0.4 is 10.1 Å². The van der Waals surface area contributed by atoms with Crippen LogP contribution in [0.25, 0.3) is 22.6 Å². The molecule has 0 bridgehead atoms. The summed E-state index contributed by atoms with van der Waals surface area (Å²) in [5.74, 6) is 0.451. The van der Waals surface area contributed by atoms with Gasteiger partial charge in [0.15, 0.2) is 5.65 Å². The van der Waals surface area contributed by atoms with Gasteiger partial charge in [-0.25, -0.2) is 19.2 Å². The summed E-state index contributed by atoms with van der Waals surface area (Å²) in [7, 11) is 1.59. The number of aromatic nitrogens is 6. The third-order valence-electron chi connectivity index (χ3n) is 8.08. The van der Waals surface area contributed by atoms with Gasteiger partial charge < -0.3 is 15.0 Å². The van der Waals surface area contributed by atoms with Crippen molar-refractivity contribution >= 4 is 34.5 Å². The second kappa shape index (κ2) is 9.56. The Bertz CT molecular complexity index is 1700. The fraction of sp³-hybridized carbons (Fsp3) is 0.286. The molecule has 40 heavy (non-hydrogen) atoms. The van der Waals surface area contributed by atoms with E-state index >= 15 is 0 Å². The summed E-state index contributed by atoms with van der Waals surface area (Å²) < 4.78 is 8.77. The van der Waals surface area contributed by atoms with Crippen molar-refractivity contribution in [3.63, 3.8) is 0 Å². The number of likely N-dealkylation sites (tertiary alicyclic amines) is 1. The molecule has 5 aromatic rings. The zero-order valence-corrected chi connectivity index (χ0v) is 22.5. The van der Waals surface area contributed by atoms with Crippen molar-refractivity contribution in [2.24, 2.45) is 11.3 Å². The first-order chi connectivity index (χ1) is 19.5. The number of benzene rings is 1. The lowest BCUT2D eigenvalue weighted by Gasteiger charge is -2.32. The van der Waals surface area contributed by atoms with E-state index in [0.717, 1.165) is 36.2 Å². The number of nitrogens with one attached hydrogen (secondary N) is 1. The molecular formula is C28H26N8O3S. The molecule has 1 aliphatic carbocycles. The Balaban J connectivity index is 1.02. The van der Waals surface area contributed by atoms with E-state index in [1.54, 1.807) is 52.4 Å². The Morgan fingerprint density at radius 1 is 1.15 bits per heavy atom. The third kappa shape index (κ3) is 4.20. The van der Waals surface area contributed by atoms with Crippen LogP contribution in [0.3, 0.4) is 0 Å². The first kappa shape index (κ1) is 24.5. The summed E-state index contributed by atoms with van der Waals surface area (Å²) in [4.78, 5) is 37.0. The van der Waals surface area contributed by atoms with Crippen LogP contribution in [0, 0.1) is 11.3 Å². The molecule has 1 unspecified atom stereocenters. The Labute approximate surface area is 233 Å². The molecule has 11 nitrogen and oxygen atoms in total. The van der Waals surface area contributed by atoms with Gasteiger partial charge in [-0.15, -0.1) is 0 Å². The van der Waals surface area contributed by atoms with E-state index < -0.39 is 0 Å². The molecule has 7 rings (SSSR count). The van der Waals surface area contributed by atoms with Gasteiger partial charge >= 0.3 is 0 Å². The van der Waals surface area contributed by atoms with Crippen molar-refractivity contribution in [1.82, 2.24) is 34.3 Å². The molecule has 5 heterocycles. The van der Waals surface area contributed by atoms with Gasteiger partial charge in [0.05, 0.1) is 24.7 Å². The van der Waals surface area contributed by atoms with Crippen molar-refractivity contribution in [3.8, 4) is 22.7 Å². The van der Waals surface area contributed by atoms with Gasteiger partial charge in [0, 0.05) is 54.0 Å². The second-order valence-electron chi connectivity index (χ2n) is 10.3. The minimum atomic E-state index is -0.0856. The number of hydrogen-bond donors (Lipinski definition) is 1. The normalized spacial score (nSPS) is 17.7. The average Bonchev–Trinajstić information content (AvgIpc) is 3.52. The molecule has 4 aromatic heterocycles. The average molecular weight is 555 g/mol. The lowest BCUT2D eigenvalue weighted by atomic mass is 9.90. The van der Waals surface area contributed by atoms with E-state index in [4.69, 9.17) is 4.74 Å². The maximum Gasteiger partial charge on any atom is 0.259 e. The van der Waals surface area contributed by atoms with Crippen molar-refractivity contribution in [2.75, 3.05) is 25.5 Å². The molecule has 12 heteroatoms. The SMILES string of the molecule is COc1cc(NC(=O)C2CC23CCN(C(=O)c2cnn4c(-c5ccsc5)ccnc24)CC3)cc(-n2cncn2)c1. The Morgan fingerprint density at radius 3 is 2.77 bits per heavy atom. The molecule has 0 radical (unpaired) electrons. The van der Waals surface area contributed by atoms with Gasteiger partial charge in [0.25, 0.3) is 5.91 Å². The topological polar surface area (TPSA) is 120 Å². The molecule has 1 aliphatic heterocycles. The number of amides is 2. The molecule has 202 valence electrons. The summed E-state index contributed by atoms with van der Waals surface area (Å²) in [6.45, 7) is 1.19. The highest BCUT2D eigenvalue weighted by Gasteiger charge is 2.58. The van der Waals surface area contributed by atoms with Crippen molar-refractivity contribution in [1.29, 1.82) is 0 Å². The number of rotatable bonds is 6. The standard InChI is InChI=1S/C28H26N8O3S/c1-39-21-11-19(10-20(12-21)35-17-29-16-32-35)33-26(37)23-13-28(23)4-7-34(8-5-28)27(38)22-14-31-36-24(2-6-30-25(22)36)18-3-9-40-15-18/h2-3,6,9-12,14-17,23H,4-5,7-8,13H2,1H3,(H,33,37). The third-order valence-corrected chi connectivity index (χ3v) is 8.76. The number of anilines is 1. The number of piperidine rings is 1. The van der Waals surface area contributed by atoms with Crippen molar-refractivity contribution < 1.29 is 14.3 Å². The fourth-order valence-corrected chi connectivity index (χ4v) is 6.39. The van der Waals surface area contributed by atoms with Gasteiger partial charge in [-0.2, -0.15) is 21.5 Å². The van der Waals surface area contributed by atoms with Gasteiger partial charge in [-0.05, 0) is 48.3 Å². The monoisotopic (exact) mass is 554 g/mol. The van der Waals surface area contributed by atoms with Crippen molar-refractivity contribution in [2.45, 2.75) is 19.3 Å². The molecular weight excluding hydrogens is 528 g/mol. The summed E-state index contributed by atoms with van der Waals surface area (Å²) in [5, 5.41) is 15.8. The van der Waals surface area contributed by atoms with Crippen LogP contribution in [0.5, 0.6) is 5.75 Å². The summed E-state index contributed by atoms with van der Waals surface area (Å²) in [6.07, 6.45) is 8.77. The Kier molecular flexibility index (Phi) is 5.84. The number of carbonyl (C=O) groups excluding carboxylic acids is 2. The lowest BCUT2D eigenvalue weighted by molar-refractivity contribution is -0.118. The lowest BCUT2D eigenvalue weighted by Crippen LogP contribution is -2.40. The maximum atomic E-state index is 13.5. The Morgan fingerprint density at radius 2 is 2.02 bits per heavy atom. The number of nitrogens with zero attached hydrogens (tertiary/aromatic N) is 7. The minimum Gasteiger partial charge on any atom is -0.497 e. The van der Waals surface area contributed by atoms with Crippen LogP contribution in [0.1, 0.15) is 29.6 Å². The number of carbonyl (C=O) groups is 2. The smallest absolute Gasteiger partial charge is 0.259 e. The first-order valence-corrected chi connectivity index (χ1v) is 14.0. The van der Waals surface area contributed by atoms with Crippen LogP contribution in [-0.2, 0) is 4.79 Å². The Hall–Kier alpha value is -4.58. The summed E-state index contributed by atoms with van der Waals surface area (Å²) >= 11 is 1.61. The maximum absolute atomic E-state index is 13.5. The zero-order chi connectivity index (χ0) is 27.3. The molecule has 1 spiro atoms. The van der Waals surface area contributed by atoms with Crippen molar-refractivity contribution in [3.05, 3.63) is 71.7 Å². The molecule has 1 N–H and O–H groups in total. The summed E-state index contributed by atoms with van der Waals surface area (Å²) in [5.41, 5.74) is 4.32. The molecule has 2 fully saturated rings. The first-order valence-electron chi connectivity index (χ1n) is 13.0. The van der Waals surface area contributed by atoms with E-state index in [1.165, 1.54) is 6.33 Å². The van der Waals surface area contributed by atoms with E-state index in [0.29, 0.717) is 35.7 Å². The van der Waals surface area contributed by atoms with Crippen LogP contribution in [-0.4, -0.2) is 66.3 Å². The molecule has 1 saturated carbocycles. The highest BCUT2D eigenvalue weighted by atomic mass is 32.1. The van der Waals surface area contributed by atoms with E-state index in [2.05, 4.69) is 25.5 Å². The number of ether oxygens (including phenoxy) is 1. The fourth-order valence-electron chi connectivity index (χ4n) is 5.74. The predicted octanol–water partition coefficient (Wildman–Crippen LogP) is 3.93. The van der Waals surface area contributed by atoms with E-state index in [1.807, 2.05) is 39.9 Å². The molecule has 1 saturated heterocycles. The van der Waals surface area contributed by atoms with Crippen LogP contribution >= 0.6 is 11.3 Å². The molecule has 1 aromatic carbocycles. The number of fused-ring (bicyclic) bond motifs is 1. The van der Waals surface area contributed by atoms with Gasteiger partial charge in [-0.3, -0.25) is 9.59 Å². The highest BCUT2D eigenvalue weighted by molar-refractivity contribution is 7.08. The number of thiophene rings is 1. The molecule has 2 aliphatic rings. The minimum absolute atomic E-state index is 0.00893. The van der Waals surface area contributed by atoms with Gasteiger partial charge in [-0.1, -0.05) is 0 Å². The van der Waals surface area contributed by atoms with Gasteiger partial charge in [0.2, 0.25) is 5.91 Å². The quantitative estimate of drug-likeness (QED) is 0.338. The van der Waals surface area contributed by atoms with E-state index in [9.17, 15) is 9.59 Å².